The number of carbonyl (C=O) groups is 3. The smallest absolute Gasteiger partial charge is 0.313 e. The minimum atomic E-state index is -0.845. The average Bonchev–Trinajstić information content (AvgIpc) is 3.32. The molecule has 1 heterocycles. The van der Waals surface area contributed by atoms with Gasteiger partial charge in [0.1, 0.15) is 17.3 Å². The zero-order chi connectivity index (χ0) is 26.2. The first-order valence-electron chi connectivity index (χ1n) is 11.1. The normalized spacial score (nSPS) is 11.9. The van der Waals surface area contributed by atoms with Gasteiger partial charge in [-0.15, -0.1) is 0 Å². The molecule has 7 nitrogen and oxygen atoms in total. The number of phenolic OH excluding ortho intramolecular Hbond substituents is 2. The van der Waals surface area contributed by atoms with E-state index in [-0.39, 0.29) is 28.4 Å². The number of aromatic hydroxyl groups is 2. The Morgan fingerprint density at radius 2 is 1.64 bits per heavy atom. The number of ketones is 2. The maximum atomic E-state index is 11.8. The van der Waals surface area contributed by atoms with Gasteiger partial charge in [0.15, 0.2) is 16.7 Å². The topological polar surface area (TPSA) is 125 Å². The molecule has 0 fully saturated rings. The summed E-state index contributed by atoms with van der Waals surface area (Å²) in [6.07, 6.45) is 5.40. The molecule has 1 aliphatic rings. The predicted molar refractivity (Wildman–Crippen MR) is 138 cm³/mol. The molecule has 0 aliphatic heterocycles. The molecule has 4 rings (SSSR count). The highest BCUT2D eigenvalue weighted by Crippen LogP contribution is 2.36. The van der Waals surface area contributed by atoms with Crippen molar-refractivity contribution in [2.45, 2.75) is 31.8 Å². The minimum absolute atomic E-state index is 0.0156. The van der Waals surface area contributed by atoms with Crippen LogP contribution in [-0.2, 0) is 11.2 Å². The number of aryl methyl sites for hydroxylation is 1. The van der Waals surface area contributed by atoms with Gasteiger partial charge in [-0.1, -0.05) is 53.7 Å². The van der Waals surface area contributed by atoms with E-state index in [2.05, 4.69) is 0 Å². The summed E-state index contributed by atoms with van der Waals surface area (Å²) in [6.45, 7) is 3.94. The molecule has 3 aromatic rings. The van der Waals surface area contributed by atoms with E-state index in [0.29, 0.717) is 23.5 Å². The predicted octanol–water partition coefficient (Wildman–Crippen LogP) is 6.06. The average molecular weight is 507 g/mol. The molecule has 3 N–H and O–H groups in total. The Morgan fingerprint density at radius 3 is 2.28 bits per heavy atom. The highest BCUT2D eigenvalue weighted by atomic mass is 32.2. The standard InChI is InChI=1S/C16H16O4.C12H10O3S/c1-9(2)4-3-5-10-8-13(19)14-11(17)6-7-12(18)15(14)16(10)20;13-11(14)8-16-12-7-6-10(15-12)9-4-2-1-3-5-9/h4,6-8,19-20H,3,5H2,1-2H3;1-7H,8H2,(H,13,14). The van der Waals surface area contributed by atoms with Gasteiger partial charge in [-0.25, -0.2) is 0 Å². The number of thioether (sulfide) groups is 1. The van der Waals surface area contributed by atoms with Crippen molar-refractivity contribution in [1.82, 2.24) is 0 Å². The molecule has 186 valence electrons. The number of carbonyl (C=O) groups excluding carboxylic acids is 2. The molecule has 0 radical (unpaired) electrons. The lowest BCUT2D eigenvalue weighted by Crippen LogP contribution is -2.13. The molecule has 1 aromatic heterocycles. The molecule has 0 saturated carbocycles. The number of carboxylic acid groups (broad SMARTS) is 1. The summed E-state index contributed by atoms with van der Waals surface area (Å²) in [5, 5.41) is 29.3. The number of aliphatic carboxylic acids is 1. The summed E-state index contributed by atoms with van der Waals surface area (Å²) in [6, 6.07) is 14.7. The molecule has 0 saturated heterocycles. The molecule has 2 aromatic carbocycles. The highest BCUT2D eigenvalue weighted by Gasteiger charge is 2.28. The number of hydrogen-bond acceptors (Lipinski definition) is 7. The fourth-order valence-electron chi connectivity index (χ4n) is 3.52. The van der Waals surface area contributed by atoms with Crippen molar-refractivity contribution in [3.63, 3.8) is 0 Å². The maximum Gasteiger partial charge on any atom is 0.313 e. The van der Waals surface area contributed by atoms with E-state index in [1.54, 1.807) is 6.07 Å². The van der Waals surface area contributed by atoms with Crippen LogP contribution in [0.15, 0.2) is 81.8 Å². The van der Waals surface area contributed by atoms with E-state index in [4.69, 9.17) is 9.52 Å². The van der Waals surface area contributed by atoms with Gasteiger partial charge in [0.2, 0.25) is 0 Å². The Hall–Kier alpha value is -4.04. The van der Waals surface area contributed by atoms with Crippen molar-refractivity contribution in [2.75, 3.05) is 5.75 Å². The first kappa shape index (κ1) is 26.6. The van der Waals surface area contributed by atoms with Crippen molar-refractivity contribution < 1.29 is 34.1 Å². The zero-order valence-corrected chi connectivity index (χ0v) is 20.7. The second kappa shape index (κ2) is 12.1. The third-order valence-corrected chi connectivity index (χ3v) is 6.08. The van der Waals surface area contributed by atoms with Crippen molar-refractivity contribution in [3.8, 4) is 22.8 Å². The van der Waals surface area contributed by atoms with Gasteiger partial charge in [0.25, 0.3) is 0 Å². The fraction of sp³-hybridized carbons (Fsp3) is 0.179. The van der Waals surface area contributed by atoms with Gasteiger partial charge in [0.05, 0.1) is 16.9 Å². The van der Waals surface area contributed by atoms with Gasteiger partial charge in [-0.2, -0.15) is 0 Å². The van der Waals surface area contributed by atoms with Gasteiger partial charge >= 0.3 is 5.97 Å². The Labute approximate surface area is 212 Å². The minimum Gasteiger partial charge on any atom is -0.507 e. The molecule has 0 unspecified atom stereocenters. The van der Waals surface area contributed by atoms with E-state index in [1.165, 1.54) is 17.8 Å². The van der Waals surface area contributed by atoms with E-state index in [9.17, 15) is 24.6 Å². The Kier molecular flexibility index (Phi) is 8.91. The van der Waals surface area contributed by atoms with Crippen LogP contribution in [0.25, 0.3) is 11.3 Å². The lowest BCUT2D eigenvalue weighted by molar-refractivity contribution is -0.133. The Bertz CT molecular complexity index is 1330. The number of hydrogen-bond donors (Lipinski definition) is 3. The largest absolute Gasteiger partial charge is 0.507 e. The van der Waals surface area contributed by atoms with Crippen molar-refractivity contribution in [2.24, 2.45) is 0 Å². The van der Waals surface area contributed by atoms with Crippen LogP contribution in [0.5, 0.6) is 11.5 Å². The first-order chi connectivity index (χ1) is 17.2. The maximum absolute atomic E-state index is 11.8. The molecule has 8 heteroatoms. The monoisotopic (exact) mass is 506 g/mol. The van der Waals surface area contributed by atoms with Gasteiger partial charge in [-0.05, 0) is 62.6 Å². The van der Waals surface area contributed by atoms with Crippen LogP contribution in [0.1, 0.15) is 46.5 Å². The summed E-state index contributed by atoms with van der Waals surface area (Å²) >= 11 is 1.18. The molecule has 0 spiro atoms. The van der Waals surface area contributed by atoms with Crippen LogP contribution in [0.2, 0.25) is 0 Å². The van der Waals surface area contributed by atoms with Crippen molar-refractivity contribution >= 4 is 29.3 Å². The number of carboxylic acids is 1. The summed E-state index contributed by atoms with van der Waals surface area (Å²) in [4.78, 5) is 33.9. The van der Waals surface area contributed by atoms with E-state index >= 15 is 0 Å². The lowest BCUT2D eigenvalue weighted by atomic mass is 9.89. The van der Waals surface area contributed by atoms with Gasteiger partial charge < -0.3 is 19.7 Å². The molecule has 36 heavy (non-hydrogen) atoms. The van der Waals surface area contributed by atoms with E-state index in [1.807, 2.05) is 56.3 Å². The summed E-state index contributed by atoms with van der Waals surface area (Å²) < 4.78 is 5.52. The van der Waals surface area contributed by atoms with Gasteiger partial charge in [-0.3, -0.25) is 14.4 Å². The number of rotatable bonds is 7. The molecule has 0 atom stereocenters. The molecular weight excluding hydrogens is 480 g/mol. The van der Waals surface area contributed by atoms with Crippen LogP contribution in [-0.4, -0.2) is 38.6 Å². The molecule has 1 aliphatic carbocycles. The molecule has 0 amide bonds. The molecular formula is C28H26O7S. The quantitative estimate of drug-likeness (QED) is 0.201. The Balaban J connectivity index is 0.000000205. The van der Waals surface area contributed by atoms with Gasteiger partial charge in [0, 0.05) is 5.56 Å². The molecule has 0 bridgehead atoms. The zero-order valence-electron chi connectivity index (χ0n) is 19.9. The Morgan fingerprint density at radius 1 is 0.972 bits per heavy atom. The van der Waals surface area contributed by atoms with E-state index in [0.717, 1.165) is 29.0 Å². The lowest BCUT2D eigenvalue weighted by Gasteiger charge is -2.15. The summed E-state index contributed by atoms with van der Waals surface area (Å²) in [5.74, 6) is -1.46. The third-order valence-electron chi connectivity index (χ3n) is 5.18. The second-order valence-corrected chi connectivity index (χ2v) is 9.18. The van der Waals surface area contributed by atoms with Crippen molar-refractivity contribution in [1.29, 1.82) is 0 Å². The van der Waals surface area contributed by atoms with Crippen LogP contribution >= 0.6 is 11.8 Å². The number of furan rings is 1. The SMILES string of the molecule is CC(C)=CCCc1cc(O)c2c(c1O)C(=O)C=CC2=O.O=C(O)CSc1ccc(-c2ccccc2)o1. The van der Waals surface area contributed by atoms with Crippen LogP contribution in [0, 0.1) is 0 Å². The van der Waals surface area contributed by atoms with Crippen LogP contribution in [0.3, 0.4) is 0 Å². The number of allylic oxidation sites excluding steroid dienone is 4. The third kappa shape index (κ3) is 6.76. The highest BCUT2D eigenvalue weighted by molar-refractivity contribution is 7.99. The summed E-state index contributed by atoms with van der Waals surface area (Å²) in [5.41, 5.74) is 2.41. The fourth-order valence-corrected chi connectivity index (χ4v) is 4.09. The number of benzene rings is 2. The second-order valence-electron chi connectivity index (χ2n) is 8.20. The number of fused-ring (bicyclic) bond motifs is 1. The van der Waals surface area contributed by atoms with Crippen LogP contribution in [0.4, 0.5) is 0 Å². The number of phenols is 2. The van der Waals surface area contributed by atoms with E-state index < -0.39 is 17.5 Å². The first-order valence-corrected chi connectivity index (χ1v) is 12.1. The van der Waals surface area contributed by atoms with Crippen LogP contribution < -0.4 is 0 Å². The summed E-state index contributed by atoms with van der Waals surface area (Å²) in [7, 11) is 0. The van der Waals surface area contributed by atoms with Crippen molar-refractivity contribution in [3.05, 3.63) is 89.0 Å².